The van der Waals surface area contributed by atoms with Gasteiger partial charge < -0.3 is 25.0 Å². The molecule has 1 aliphatic rings. The van der Waals surface area contributed by atoms with E-state index in [9.17, 15) is 15.0 Å². The van der Waals surface area contributed by atoms with Crippen molar-refractivity contribution >= 4 is 34.4 Å². The highest BCUT2D eigenvalue weighted by atomic mass is 35.5. The van der Waals surface area contributed by atoms with Crippen molar-refractivity contribution in [1.29, 1.82) is 0 Å². The number of aromatic amines is 1. The van der Waals surface area contributed by atoms with Gasteiger partial charge >= 0.3 is 0 Å². The lowest BCUT2D eigenvalue weighted by Gasteiger charge is -2.32. The van der Waals surface area contributed by atoms with Crippen molar-refractivity contribution in [2.45, 2.75) is 22.5 Å². The lowest BCUT2D eigenvalue weighted by atomic mass is 10.1. The summed E-state index contributed by atoms with van der Waals surface area (Å²) in [5, 5.41) is 24.7. The third kappa shape index (κ3) is 1.83. The number of hydrogen-bond acceptors (Lipinski definition) is 7. The molecule has 0 spiro atoms. The summed E-state index contributed by atoms with van der Waals surface area (Å²) in [6, 6.07) is 0. The Balaban J connectivity index is 2.22. The molecule has 114 valence electrons. The molecule has 3 heterocycles. The number of aliphatic hydroxyl groups is 3. The van der Waals surface area contributed by atoms with Crippen LogP contribution in [0.4, 0.5) is 0 Å². The smallest absolute Gasteiger partial charge is 0.278 e. The van der Waals surface area contributed by atoms with Crippen LogP contribution in [-0.2, 0) is 9.92 Å². The number of H-pyrrole nitrogens is 1. The minimum absolute atomic E-state index is 0.00128. The molecule has 21 heavy (non-hydrogen) atoms. The topological polar surface area (TPSA) is 133 Å². The van der Waals surface area contributed by atoms with Crippen LogP contribution in [0.15, 0.2) is 17.4 Å². The average Bonchev–Trinajstić information content (AvgIpc) is 2.95. The van der Waals surface area contributed by atoms with Crippen molar-refractivity contribution in [3.05, 3.63) is 23.0 Å². The van der Waals surface area contributed by atoms with E-state index in [4.69, 9.17) is 33.0 Å². The van der Waals surface area contributed by atoms with E-state index in [1.165, 1.54) is 0 Å². The van der Waals surface area contributed by atoms with E-state index in [0.29, 0.717) is 0 Å². The normalized spacial score (nSPS) is 36.4. The first-order valence-corrected chi connectivity index (χ1v) is 6.56. The van der Waals surface area contributed by atoms with Gasteiger partial charge in [0, 0.05) is 0 Å². The molecule has 0 aliphatic carbocycles. The first-order valence-electron chi connectivity index (χ1n) is 5.81. The van der Waals surface area contributed by atoms with Gasteiger partial charge in [0.15, 0.2) is 11.2 Å². The lowest BCUT2D eigenvalue weighted by Crippen LogP contribution is -2.50. The van der Waals surface area contributed by atoms with E-state index in [1.54, 1.807) is 0 Å². The summed E-state index contributed by atoms with van der Waals surface area (Å²) in [4.78, 5) is 21.7. The molecular weight excluding hydrogens is 327 g/mol. The van der Waals surface area contributed by atoms with E-state index < -0.39 is 34.6 Å². The van der Waals surface area contributed by atoms with E-state index in [0.717, 1.165) is 17.2 Å². The van der Waals surface area contributed by atoms with E-state index in [1.807, 2.05) is 0 Å². The van der Waals surface area contributed by atoms with Crippen LogP contribution < -0.4 is 5.56 Å². The molecule has 1 fully saturated rings. The van der Waals surface area contributed by atoms with Crippen molar-refractivity contribution in [3.63, 3.8) is 0 Å². The fourth-order valence-electron chi connectivity index (χ4n) is 2.20. The predicted octanol–water partition coefficient (Wildman–Crippen LogP) is -1.35. The second kappa shape index (κ2) is 4.63. The van der Waals surface area contributed by atoms with Gasteiger partial charge in [-0.2, -0.15) is 0 Å². The molecule has 3 rings (SSSR count). The molecule has 1 saturated heterocycles. The van der Waals surface area contributed by atoms with Crippen LogP contribution in [0.2, 0.25) is 0 Å². The number of halogens is 2. The van der Waals surface area contributed by atoms with Gasteiger partial charge in [0.25, 0.3) is 10.7 Å². The van der Waals surface area contributed by atoms with Crippen molar-refractivity contribution < 1.29 is 20.1 Å². The van der Waals surface area contributed by atoms with Crippen LogP contribution in [0.5, 0.6) is 0 Å². The Morgan fingerprint density at radius 1 is 1.48 bits per heavy atom. The van der Waals surface area contributed by atoms with Crippen LogP contribution in [0.3, 0.4) is 0 Å². The fourth-order valence-corrected chi connectivity index (χ4v) is 2.82. The quantitative estimate of drug-likeness (QED) is 0.498. The van der Waals surface area contributed by atoms with Crippen molar-refractivity contribution in [3.8, 4) is 0 Å². The number of ether oxygens (including phenoxy) is 1. The summed E-state index contributed by atoms with van der Waals surface area (Å²) >= 11 is 12.1. The number of fused-ring (bicyclic) bond motifs is 1. The molecule has 2 aromatic heterocycles. The van der Waals surface area contributed by atoms with Gasteiger partial charge in [0.05, 0.1) is 12.9 Å². The third-order valence-electron chi connectivity index (χ3n) is 3.31. The van der Waals surface area contributed by atoms with Gasteiger partial charge in [0.2, 0.25) is 5.06 Å². The average molecular weight is 337 g/mol. The van der Waals surface area contributed by atoms with E-state index >= 15 is 0 Å². The number of aromatic nitrogens is 4. The Bertz CT molecular complexity index is 746. The SMILES string of the molecule is O=c1[nH]cnc2c1ncn2[C@]1(Cl)O[C@H](CO)[C@@H](O)[C@]1(O)Cl. The first-order chi connectivity index (χ1) is 9.83. The molecule has 2 aromatic rings. The maximum atomic E-state index is 11.6. The van der Waals surface area contributed by atoms with Gasteiger partial charge in [-0.3, -0.25) is 9.36 Å². The van der Waals surface area contributed by atoms with Crippen molar-refractivity contribution in [1.82, 2.24) is 19.5 Å². The van der Waals surface area contributed by atoms with Crippen LogP contribution >= 0.6 is 23.2 Å². The van der Waals surface area contributed by atoms with Gasteiger partial charge in [-0.25, -0.2) is 9.97 Å². The third-order valence-corrected chi connectivity index (χ3v) is 4.45. The van der Waals surface area contributed by atoms with E-state index in [-0.39, 0.29) is 11.2 Å². The zero-order valence-corrected chi connectivity index (χ0v) is 11.8. The zero-order valence-electron chi connectivity index (χ0n) is 10.3. The maximum Gasteiger partial charge on any atom is 0.278 e. The zero-order chi connectivity index (χ0) is 15.4. The fraction of sp³-hybridized carbons (Fsp3) is 0.500. The summed E-state index contributed by atoms with van der Waals surface area (Å²) < 4.78 is 6.29. The van der Waals surface area contributed by atoms with Gasteiger partial charge in [-0.15, -0.1) is 0 Å². The molecule has 4 atom stereocenters. The number of aliphatic hydroxyl groups excluding tert-OH is 2. The molecule has 0 bridgehead atoms. The number of nitrogens with zero attached hydrogens (tertiary/aromatic N) is 3. The van der Waals surface area contributed by atoms with Crippen molar-refractivity contribution in [2.75, 3.05) is 6.61 Å². The number of nitrogens with one attached hydrogen (secondary N) is 1. The molecule has 0 unspecified atom stereocenters. The Morgan fingerprint density at radius 2 is 2.19 bits per heavy atom. The second-order valence-electron chi connectivity index (χ2n) is 4.54. The van der Waals surface area contributed by atoms with Crippen LogP contribution in [0.25, 0.3) is 11.2 Å². The van der Waals surface area contributed by atoms with Gasteiger partial charge in [-0.05, 0) is 0 Å². The summed E-state index contributed by atoms with van der Waals surface area (Å²) in [6.07, 6.45) is -0.670. The molecule has 1 aliphatic heterocycles. The van der Waals surface area contributed by atoms with Crippen LogP contribution in [0.1, 0.15) is 0 Å². The first kappa shape index (κ1) is 14.7. The summed E-state index contributed by atoms with van der Waals surface area (Å²) in [5.41, 5.74) is -0.566. The number of alkyl halides is 2. The minimum Gasteiger partial charge on any atom is -0.394 e. The lowest BCUT2D eigenvalue weighted by molar-refractivity contribution is -0.0973. The number of rotatable bonds is 2. The highest BCUT2D eigenvalue weighted by Crippen LogP contribution is 2.49. The number of imidazole rings is 1. The Morgan fingerprint density at radius 3 is 2.81 bits per heavy atom. The molecule has 0 aromatic carbocycles. The molecule has 9 nitrogen and oxygen atoms in total. The maximum absolute atomic E-state index is 11.6. The molecule has 11 heteroatoms. The second-order valence-corrected chi connectivity index (χ2v) is 5.63. The van der Waals surface area contributed by atoms with Crippen LogP contribution in [0, 0.1) is 0 Å². The summed E-state index contributed by atoms with van der Waals surface area (Å²) in [6.45, 7) is -0.620. The molecule has 4 N–H and O–H groups in total. The number of hydrogen-bond donors (Lipinski definition) is 4. The summed E-state index contributed by atoms with van der Waals surface area (Å²) in [7, 11) is 0. The molecule has 0 saturated carbocycles. The van der Waals surface area contributed by atoms with E-state index in [2.05, 4.69) is 15.0 Å². The summed E-state index contributed by atoms with van der Waals surface area (Å²) in [5.74, 6) is 0. The monoisotopic (exact) mass is 336 g/mol. The Hall–Kier alpha value is -1.23. The van der Waals surface area contributed by atoms with Crippen LogP contribution in [-0.4, -0.2) is 58.7 Å². The molecule has 0 radical (unpaired) electrons. The highest BCUT2D eigenvalue weighted by molar-refractivity contribution is 6.32. The minimum atomic E-state index is -2.47. The Kier molecular flexibility index (Phi) is 3.24. The van der Waals surface area contributed by atoms with Gasteiger partial charge in [0.1, 0.15) is 18.5 Å². The van der Waals surface area contributed by atoms with Gasteiger partial charge in [-0.1, -0.05) is 23.2 Å². The van der Waals surface area contributed by atoms with Crippen molar-refractivity contribution in [2.24, 2.45) is 0 Å². The molecule has 0 amide bonds. The highest BCUT2D eigenvalue weighted by Gasteiger charge is 2.66. The predicted molar refractivity (Wildman–Crippen MR) is 70.7 cm³/mol. The Labute approximate surface area is 126 Å². The standard InChI is InChI=1S/C10H10Cl2N4O5/c11-9(20)6(18)4(1-17)21-10(9,12)16-3-15-5-7(16)13-2-14-8(5)19/h2-4,6,17-18,20H,1H2,(H,13,14,19)/t4-,6-,9-,10+/m1/s1. The molecular formula is C10H10Cl2N4O5. The largest absolute Gasteiger partial charge is 0.394 e.